The van der Waals surface area contributed by atoms with Gasteiger partial charge in [0, 0.05) is 11.6 Å². The highest BCUT2D eigenvalue weighted by Crippen LogP contribution is 2.26. The Morgan fingerprint density at radius 3 is 2.81 bits per heavy atom. The quantitative estimate of drug-likeness (QED) is 0.915. The second-order valence-corrected chi connectivity index (χ2v) is 5.53. The van der Waals surface area contributed by atoms with E-state index in [0.29, 0.717) is 24.9 Å². The van der Waals surface area contributed by atoms with Crippen molar-refractivity contribution in [3.8, 4) is 11.4 Å². The first-order chi connectivity index (χ1) is 10.3. The minimum Gasteiger partial charge on any atom is -0.379 e. The molecule has 2 unspecified atom stereocenters. The molecule has 0 bridgehead atoms. The molecule has 3 rings (SSSR count). The monoisotopic (exact) mass is 287 g/mol. The molecule has 0 aliphatic carbocycles. The van der Waals surface area contributed by atoms with Crippen molar-refractivity contribution in [3.63, 3.8) is 0 Å². The van der Waals surface area contributed by atoms with Crippen molar-refractivity contribution in [1.29, 1.82) is 0 Å². The Hall–Kier alpha value is -1.72. The molecule has 2 atom stereocenters. The minimum atomic E-state index is 0.142. The molecule has 21 heavy (non-hydrogen) atoms. The van der Waals surface area contributed by atoms with Crippen molar-refractivity contribution in [2.24, 2.45) is 0 Å². The number of aromatic nitrogens is 2. The number of nitrogens with one attached hydrogen (secondary N) is 1. The Bertz CT molecular complexity index is 579. The average molecular weight is 287 g/mol. The van der Waals surface area contributed by atoms with Crippen LogP contribution in [0.5, 0.6) is 0 Å². The van der Waals surface area contributed by atoms with Gasteiger partial charge < -0.3 is 14.6 Å². The van der Waals surface area contributed by atoms with Crippen LogP contribution < -0.4 is 5.32 Å². The molecule has 1 fully saturated rings. The molecule has 0 saturated carbocycles. The summed E-state index contributed by atoms with van der Waals surface area (Å²) in [7, 11) is 0. The van der Waals surface area contributed by atoms with Crippen molar-refractivity contribution in [3.05, 3.63) is 35.7 Å². The van der Waals surface area contributed by atoms with Crippen molar-refractivity contribution in [1.82, 2.24) is 15.5 Å². The van der Waals surface area contributed by atoms with Gasteiger partial charge in [0.15, 0.2) is 0 Å². The Balaban J connectivity index is 1.76. The molecule has 5 nitrogen and oxygen atoms in total. The molecule has 1 N–H and O–H groups in total. The topological polar surface area (TPSA) is 60.2 Å². The highest BCUT2D eigenvalue weighted by molar-refractivity contribution is 5.54. The van der Waals surface area contributed by atoms with Gasteiger partial charge in [-0.25, -0.2) is 0 Å². The molecule has 5 heteroatoms. The largest absolute Gasteiger partial charge is 0.379 e. The summed E-state index contributed by atoms with van der Waals surface area (Å²) in [5, 5.41) is 7.59. The van der Waals surface area contributed by atoms with E-state index in [9.17, 15) is 0 Å². The van der Waals surface area contributed by atoms with Gasteiger partial charge in [-0.1, -0.05) is 41.9 Å². The maximum atomic E-state index is 5.56. The van der Waals surface area contributed by atoms with Gasteiger partial charge in [0.25, 0.3) is 0 Å². The lowest BCUT2D eigenvalue weighted by Gasteiger charge is -2.14. The minimum absolute atomic E-state index is 0.142. The van der Waals surface area contributed by atoms with Gasteiger partial charge in [-0.3, -0.25) is 0 Å². The summed E-state index contributed by atoms with van der Waals surface area (Å²) in [6.07, 6.45) is 1.10. The van der Waals surface area contributed by atoms with Gasteiger partial charge in [-0.05, 0) is 19.9 Å². The van der Waals surface area contributed by atoms with E-state index in [4.69, 9.17) is 9.26 Å². The Morgan fingerprint density at radius 1 is 1.24 bits per heavy atom. The van der Waals surface area contributed by atoms with E-state index in [1.54, 1.807) is 0 Å². The molecule has 1 saturated heterocycles. The Morgan fingerprint density at radius 2 is 2.05 bits per heavy atom. The lowest BCUT2D eigenvalue weighted by molar-refractivity contribution is 0.184. The fraction of sp³-hybridized carbons (Fsp3) is 0.500. The maximum absolute atomic E-state index is 5.56. The molecular weight excluding hydrogens is 266 g/mol. The third-order valence-electron chi connectivity index (χ3n) is 3.81. The SMILES string of the molecule is CCCNC1COCC1c1nc(-c2ccc(C)cc2)no1. The second-order valence-electron chi connectivity index (χ2n) is 5.53. The summed E-state index contributed by atoms with van der Waals surface area (Å²) >= 11 is 0. The van der Waals surface area contributed by atoms with Gasteiger partial charge >= 0.3 is 0 Å². The third-order valence-corrected chi connectivity index (χ3v) is 3.81. The van der Waals surface area contributed by atoms with Gasteiger partial charge in [0.05, 0.1) is 19.1 Å². The normalized spacial score (nSPS) is 21.8. The lowest BCUT2D eigenvalue weighted by Crippen LogP contribution is -2.34. The first kappa shape index (κ1) is 14.2. The van der Waals surface area contributed by atoms with Crippen LogP contribution in [-0.2, 0) is 4.74 Å². The average Bonchev–Trinajstić information content (AvgIpc) is 3.14. The van der Waals surface area contributed by atoms with Crippen LogP contribution in [0.3, 0.4) is 0 Å². The summed E-state index contributed by atoms with van der Waals surface area (Å²) in [5.41, 5.74) is 2.20. The van der Waals surface area contributed by atoms with Crippen LogP contribution in [-0.4, -0.2) is 35.9 Å². The predicted molar refractivity (Wildman–Crippen MR) is 80.1 cm³/mol. The van der Waals surface area contributed by atoms with Gasteiger partial charge in [-0.15, -0.1) is 0 Å². The number of rotatable bonds is 5. The van der Waals surface area contributed by atoms with Gasteiger partial charge in [0.2, 0.25) is 11.7 Å². The van der Waals surface area contributed by atoms with Crippen LogP contribution in [0.4, 0.5) is 0 Å². The molecule has 1 aliphatic rings. The lowest BCUT2D eigenvalue weighted by atomic mass is 10.0. The molecule has 1 aliphatic heterocycles. The summed E-state index contributed by atoms with van der Waals surface area (Å²) in [5.74, 6) is 1.45. The van der Waals surface area contributed by atoms with Gasteiger partial charge in [0.1, 0.15) is 0 Å². The summed E-state index contributed by atoms with van der Waals surface area (Å²) < 4.78 is 11.0. The van der Waals surface area contributed by atoms with Crippen LogP contribution in [0.25, 0.3) is 11.4 Å². The first-order valence-electron chi connectivity index (χ1n) is 7.49. The highest BCUT2D eigenvalue weighted by atomic mass is 16.5. The van der Waals surface area contributed by atoms with E-state index < -0.39 is 0 Å². The Kier molecular flexibility index (Phi) is 4.31. The molecule has 1 aromatic carbocycles. The van der Waals surface area contributed by atoms with Crippen LogP contribution in [0, 0.1) is 6.92 Å². The number of hydrogen-bond donors (Lipinski definition) is 1. The number of nitrogens with zero attached hydrogens (tertiary/aromatic N) is 2. The van der Waals surface area contributed by atoms with Crippen molar-refractivity contribution >= 4 is 0 Å². The summed E-state index contributed by atoms with van der Waals surface area (Å²) in [6.45, 7) is 6.53. The zero-order valence-electron chi connectivity index (χ0n) is 12.5. The number of ether oxygens (including phenoxy) is 1. The van der Waals surface area contributed by atoms with Crippen molar-refractivity contribution < 1.29 is 9.26 Å². The Labute approximate surface area is 124 Å². The van der Waals surface area contributed by atoms with Crippen LogP contribution in [0.15, 0.2) is 28.8 Å². The van der Waals surface area contributed by atoms with E-state index in [2.05, 4.69) is 41.4 Å². The molecule has 1 aromatic heterocycles. The van der Waals surface area contributed by atoms with Crippen LogP contribution >= 0.6 is 0 Å². The van der Waals surface area contributed by atoms with E-state index >= 15 is 0 Å². The van der Waals surface area contributed by atoms with Crippen LogP contribution in [0.1, 0.15) is 30.7 Å². The molecule has 0 radical (unpaired) electrons. The smallest absolute Gasteiger partial charge is 0.234 e. The highest BCUT2D eigenvalue weighted by Gasteiger charge is 2.33. The standard InChI is InChI=1S/C16H21N3O2/c1-3-8-17-14-10-20-9-13(14)16-18-15(19-21-16)12-6-4-11(2)5-7-12/h4-7,13-14,17H,3,8-10H2,1-2H3. The van der Waals surface area contributed by atoms with E-state index in [1.165, 1.54) is 5.56 Å². The van der Waals surface area contributed by atoms with E-state index in [-0.39, 0.29) is 12.0 Å². The fourth-order valence-electron chi connectivity index (χ4n) is 2.53. The molecule has 2 aromatic rings. The molecule has 0 amide bonds. The zero-order valence-corrected chi connectivity index (χ0v) is 12.5. The summed E-state index contributed by atoms with van der Waals surface area (Å²) in [4.78, 5) is 4.55. The number of aryl methyl sites for hydroxylation is 1. The summed E-state index contributed by atoms with van der Waals surface area (Å²) in [6, 6.07) is 8.39. The van der Waals surface area contributed by atoms with Crippen LogP contribution in [0.2, 0.25) is 0 Å². The molecule has 112 valence electrons. The zero-order chi connectivity index (χ0) is 14.7. The van der Waals surface area contributed by atoms with Gasteiger partial charge in [-0.2, -0.15) is 4.98 Å². The fourth-order valence-corrected chi connectivity index (χ4v) is 2.53. The first-order valence-corrected chi connectivity index (χ1v) is 7.49. The van der Waals surface area contributed by atoms with E-state index in [1.807, 2.05) is 12.1 Å². The van der Waals surface area contributed by atoms with Crippen molar-refractivity contribution in [2.45, 2.75) is 32.2 Å². The maximum Gasteiger partial charge on any atom is 0.234 e. The predicted octanol–water partition coefficient (Wildman–Crippen LogP) is 2.53. The molecule has 0 spiro atoms. The molecular formula is C16H21N3O2. The number of benzene rings is 1. The second kappa shape index (κ2) is 6.37. The molecule has 2 heterocycles. The third kappa shape index (κ3) is 3.14. The number of hydrogen-bond acceptors (Lipinski definition) is 5. The van der Waals surface area contributed by atoms with Crippen molar-refractivity contribution in [2.75, 3.05) is 19.8 Å². The van der Waals surface area contributed by atoms with E-state index in [0.717, 1.165) is 18.5 Å².